The Kier molecular flexibility index (Phi) is 6.46. The van der Waals surface area contributed by atoms with E-state index in [1.54, 1.807) is 19.2 Å². The first-order valence-corrected chi connectivity index (χ1v) is 14.5. The summed E-state index contributed by atoms with van der Waals surface area (Å²) in [5.41, 5.74) is 6.23. The first-order valence-electron chi connectivity index (χ1n) is 14.5. The minimum atomic E-state index is -1.19. The molecule has 2 atom stereocenters. The highest BCUT2D eigenvalue weighted by Gasteiger charge is 2.68. The number of nitrogens with one attached hydrogen (secondary N) is 1. The molecule has 1 fully saturated rings. The number of hydrogen-bond donors (Lipinski definition) is 1. The van der Waals surface area contributed by atoms with Crippen molar-refractivity contribution in [3.05, 3.63) is 141 Å². The molecule has 1 saturated heterocycles. The van der Waals surface area contributed by atoms with E-state index in [1.807, 2.05) is 78.9 Å². The second-order valence-electron chi connectivity index (χ2n) is 11.6. The molecule has 3 amide bonds. The fourth-order valence-corrected chi connectivity index (χ4v) is 7.42. The predicted molar refractivity (Wildman–Crippen MR) is 164 cm³/mol. The highest BCUT2D eigenvalue weighted by molar-refractivity contribution is 6.25. The third-order valence-electron chi connectivity index (χ3n) is 9.19. The fourth-order valence-electron chi connectivity index (χ4n) is 7.42. The predicted octanol–water partition coefficient (Wildman–Crippen LogP) is 5.19. The SMILES string of the molecule is Cc1ccc(N2C(=O)[C@H]3C4c5ccccc5C(/C=N\NC(=O)CCc5ccccc5)(c5ccccc54)[C@H]3C2=O)c([N+](=O)[O-])c1. The van der Waals surface area contributed by atoms with Crippen LogP contribution in [0.1, 0.15) is 45.7 Å². The van der Waals surface area contributed by atoms with Gasteiger partial charge in [-0.2, -0.15) is 5.10 Å². The Labute approximate surface area is 253 Å². The Hall–Kier alpha value is -5.44. The molecule has 0 aromatic heterocycles. The Balaban J connectivity index is 1.34. The second-order valence-corrected chi connectivity index (χ2v) is 11.6. The molecule has 0 unspecified atom stereocenters. The number of aryl methyl sites for hydroxylation is 2. The van der Waals surface area contributed by atoms with Crippen LogP contribution in [0, 0.1) is 28.9 Å². The number of amides is 3. The topological polar surface area (TPSA) is 122 Å². The van der Waals surface area contributed by atoms with Crippen LogP contribution in [0.25, 0.3) is 0 Å². The molecule has 1 N–H and O–H groups in total. The average molecular weight is 585 g/mol. The van der Waals surface area contributed by atoms with Gasteiger partial charge in [-0.3, -0.25) is 24.5 Å². The Morgan fingerprint density at radius 1 is 0.932 bits per heavy atom. The number of imide groups is 1. The van der Waals surface area contributed by atoms with Crippen LogP contribution in [0.4, 0.5) is 11.4 Å². The van der Waals surface area contributed by atoms with Crippen molar-refractivity contribution in [3.8, 4) is 0 Å². The number of nitro benzene ring substituents is 1. The number of rotatable bonds is 7. The first kappa shape index (κ1) is 27.4. The van der Waals surface area contributed by atoms with Gasteiger partial charge in [-0.15, -0.1) is 0 Å². The van der Waals surface area contributed by atoms with E-state index >= 15 is 0 Å². The van der Waals surface area contributed by atoms with Gasteiger partial charge in [0.2, 0.25) is 17.7 Å². The Morgan fingerprint density at radius 3 is 2.23 bits per heavy atom. The van der Waals surface area contributed by atoms with Gasteiger partial charge in [-0.25, -0.2) is 10.3 Å². The van der Waals surface area contributed by atoms with Crippen LogP contribution in [-0.2, 0) is 26.2 Å². The fraction of sp³-hybridized carbons (Fsp3) is 0.200. The first-order chi connectivity index (χ1) is 21.3. The van der Waals surface area contributed by atoms with Crippen LogP contribution in [0.5, 0.6) is 0 Å². The number of benzene rings is 4. The summed E-state index contributed by atoms with van der Waals surface area (Å²) in [7, 11) is 0. The Morgan fingerprint density at radius 2 is 1.57 bits per heavy atom. The molecule has 8 rings (SSSR count). The van der Waals surface area contributed by atoms with E-state index in [1.165, 1.54) is 12.1 Å². The average Bonchev–Trinajstić information content (AvgIpc) is 3.31. The van der Waals surface area contributed by atoms with Gasteiger partial charge in [0.25, 0.3) is 5.69 Å². The van der Waals surface area contributed by atoms with E-state index in [-0.39, 0.29) is 23.7 Å². The molecule has 9 nitrogen and oxygen atoms in total. The lowest BCUT2D eigenvalue weighted by atomic mass is 9.47. The zero-order chi connectivity index (χ0) is 30.6. The molecule has 4 aromatic carbocycles. The number of anilines is 1. The van der Waals surface area contributed by atoms with Crippen molar-refractivity contribution in [2.75, 3.05) is 4.90 Å². The monoisotopic (exact) mass is 584 g/mol. The van der Waals surface area contributed by atoms with Crippen LogP contribution in [0.3, 0.4) is 0 Å². The summed E-state index contributed by atoms with van der Waals surface area (Å²) in [6, 6.07) is 29.5. The molecule has 1 heterocycles. The zero-order valence-corrected chi connectivity index (χ0v) is 23.8. The van der Waals surface area contributed by atoms with Crippen LogP contribution in [-0.4, -0.2) is 28.9 Å². The van der Waals surface area contributed by atoms with Gasteiger partial charge in [0.1, 0.15) is 5.69 Å². The molecule has 44 heavy (non-hydrogen) atoms. The van der Waals surface area contributed by atoms with Crippen molar-refractivity contribution in [3.63, 3.8) is 0 Å². The smallest absolute Gasteiger partial charge is 0.274 e. The quantitative estimate of drug-likeness (QED) is 0.139. The molecule has 0 saturated carbocycles. The van der Waals surface area contributed by atoms with E-state index in [0.717, 1.165) is 32.7 Å². The highest BCUT2D eigenvalue weighted by atomic mass is 16.6. The van der Waals surface area contributed by atoms with Gasteiger partial charge < -0.3 is 0 Å². The number of hydrazone groups is 1. The summed E-state index contributed by atoms with van der Waals surface area (Å²) in [6.45, 7) is 1.72. The minimum absolute atomic E-state index is 0.0428. The zero-order valence-electron chi connectivity index (χ0n) is 23.8. The van der Waals surface area contributed by atoms with Crippen molar-refractivity contribution < 1.29 is 19.3 Å². The number of nitrogens with zero attached hydrogens (tertiary/aromatic N) is 3. The lowest BCUT2D eigenvalue weighted by Gasteiger charge is -2.52. The molecule has 3 aliphatic carbocycles. The summed E-state index contributed by atoms with van der Waals surface area (Å²) >= 11 is 0. The van der Waals surface area contributed by atoms with E-state index in [2.05, 4.69) is 10.5 Å². The van der Waals surface area contributed by atoms with Crippen LogP contribution >= 0.6 is 0 Å². The van der Waals surface area contributed by atoms with Crippen LogP contribution in [0.15, 0.2) is 102 Å². The molecule has 0 spiro atoms. The molecule has 4 aromatic rings. The van der Waals surface area contributed by atoms with Gasteiger partial charge in [0, 0.05) is 24.6 Å². The highest BCUT2D eigenvalue weighted by Crippen LogP contribution is 2.64. The standard InChI is InChI=1S/C35H28N4O5/c1-21-15-17-27(28(19-21)39(43)44)38-33(41)31-30-23-11-5-7-13-25(23)35(32(31)34(38)42,26-14-8-6-12-24(26)30)20-36-37-29(40)18-16-22-9-3-2-4-10-22/h2-15,17,19-20,30-32H,16,18H2,1H3,(H,37,40)/b36-20-/t30?,31-,32+,35?/m0/s1. The van der Waals surface area contributed by atoms with Gasteiger partial charge >= 0.3 is 0 Å². The molecule has 0 radical (unpaired) electrons. The van der Waals surface area contributed by atoms with Crippen molar-refractivity contribution in [1.29, 1.82) is 0 Å². The molecule has 2 bridgehead atoms. The van der Waals surface area contributed by atoms with Crippen molar-refractivity contribution in [2.45, 2.75) is 31.1 Å². The van der Waals surface area contributed by atoms with Crippen molar-refractivity contribution in [1.82, 2.24) is 5.43 Å². The number of nitro groups is 1. The van der Waals surface area contributed by atoms with E-state index in [0.29, 0.717) is 12.0 Å². The summed E-state index contributed by atoms with van der Waals surface area (Å²) in [6.07, 6.45) is 2.36. The summed E-state index contributed by atoms with van der Waals surface area (Å²) in [5, 5.41) is 16.5. The largest absolute Gasteiger partial charge is 0.293 e. The minimum Gasteiger partial charge on any atom is -0.274 e. The van der Waals surface area contributed by atoms with Crippen LogP contribution < -0.4 is 10.3 Å². The van der Waals surface area contributed by atoms with Gasteiger partial charge in [0.15, 0.2) is 0 Å². The molecular formula is C35H28N4O5. The summed E-state index contributed by atoms with van der Waals surface area (Å²) in [5.74, 6) is -3.44. The molecular weight excluding hydrogens is 556 g/mol. The second kappa shape index (κ2) is 10.4. The molecule has 1 aliphatic heterocycles. The Bertz CT molecular complexity index is 1840. The summed E-state index contributed by atoms with van der Waals surface area (Å²) in [4.78, 5) is 54.2. The lowest BCUT2D eigenvalue weighted by Crippen LogP contribution is -2.54. The van der Waals surface area contributed by atoms with Crippen molar-refractivity contribution >= 4 is 35.3 Å². The van der Waals surface area contributed by atoms with E-state index < -0.39 is 39.9 Å². The van der Waals surface area contributed by atoms with Gasteiger partial charge in [-0.1, -0.05) is 84.9 Å². The van der Waals surface area contributed by atoms with E-state index in [4.69, 9.17) is 0 Å². The number of hydrogen-bond acceptors (Lipinski definition) is 6. The van der Waals surface area contributed by atoms with Gasteiger partial charge in [-0.05, 0) is 52.8 Å². The molecule has 4 aliphatic rings. The third kappa shape index (κ3) is 4.00. The normalized spacial score (nSPS) is 22.9. The van der Waals surface area contributed by atoms with Gasteiger partial charge in [0.05, 0.1) is 22.2 Å². The van der Waals surface area contributed by atoms with Crippen molar-refractivity contribution in [2.24, 2.45) is 16.9 Å². The lowest BCUT2D eigenvalue weighted by molar-refractivity contribution is -0.384. The number of carbonyl (C=O) groups excluding carboxylic acids is 3. The van der Waals surface area contributed by atoms with E-state index in [9.17, 15) is 24.5 Å². The maximum absolute atomic E-state index is 14.5. The summed E-state index contributed by atoms with van der Waals surface area (Å²) < 4.78 is 0. The molecule has 218 valence electrons. The number of carbonyl (C=O) groups is 3. The molecule has 9 heteroatoms. The van der Waals surface area contributed by atoms with Crippen LogP contribution in [0.2, 0.25) is 0 Å². The maximum atomic E-state index is 14.5. The third-order valence-corrected chi connectivity index (χ3v) is 9.19. The maximum Gasteiger partial charge on any atom is 0.293 e.